The van der Waals surface area contributed by atoms with E-state index in [0.29, 0.717) is 26.3 Å². The number of benzene rings is 1. The van der Waals surface area contributed by atoms with E-state index in [4.69, 9.17) is 9.47 Å². The van der Waals surface area contributed by atoms with Crippen molar-refractivity contribution in [2.45, 2.75) is 24.3 Å². The molecule has 2 aliphatic heterocycles. The van der Waals surface area contributed by atoms with Gasteiger partial charge in [-0.2, -0.15) is 4.31 Å². The number of carbonyl (C=O) groups excluding carboxylic acids is 1. The predicted molar refractivity (Wildman–Crippen MR) is 119 cm³/mol. The standard InChI is InChI=1S/C22H28N4O5S/c1-30-19-6-5-18(14-20(19)32(28,29)26-8-2-3-9-26)22(27)24-16-17-4-7-21(23-15-17)25-10-12-31-13-11-25/h4-7,14-15H,2-3,8-13,16H2,1H3,(H,24,27). The molecule has 0 atom stereocenters. The van der Waals surface area contributed by atoms with E-state index < -0.39 is 10.0 Å². The molecule has 10 heteroatoms. The minimum Gasteiger partial charge on any atom is -0.495 e. The lowest BCUT2D eigenvalue weighted by atomic mass is 10.2. The zero-order chi connectivity index (χ0) is 22.6. The van der Waals surface area contributed by atoms with Crippen molar-refractivity contribution in [1.82, 2.24) is 14.6 Å². The second-order valence-corrected chi connectivity index (χ2v) is 9.69. The summed E-state index contributed by atoms with van der Waals surface area (Å²) in [5.41, 5.74) is 1.12. The number of ether oxygens (including phenoxy) is 2. The van der Waals surface area contributed by atoms with Gasteiger partial charge in [0.1, 0.15) is 16.5 Å². The van der Waals surface area contributed by atoms with Gasteiger partial charge in [0.2, 0.25) is 10.0 Å². The van der Waals surface area contributed by atoms with Crippen LogP contribution in [0.3, 0.4) is 0 Å². The SMILES string of the molecule is COc1ccc(C(=O)NCc2ccc(N3CCOCC3)nc2)cc1S(=O)(=O)N1CCCC1. The third-order valence-corrected chi connectivity index (χ3v) is 7.63. The number of hydrogen-bond donors (Lipinski definition) is 1. The first kappa shape index (κ1) is 22.5. The molecule has 0 unspecified atom stereocenters. The molecule has 0 radical (unpaired) electrons. The zero-order valence-corrected chi connectivity index (χ0v) is 18.9. The van der Waals surface area contributed by atoms with Gasteiger partial charge in [-0.25, -0.2) is 13.4 Å². The van der Waals surface area contributed by atoms with Crippen LogP contribution in [0.4, 0.5) is 5.82 Å². The highest BCUT2D eigenvalue weighted by atomic mass is 32.2. The molecule has 1 aromatic heterocycles. The molecular weight excluding hydrogens is 432 g/mol. The number of nitrogens with one attached hydrogen (secondary N) is 1. The number of aromatic nitrogens is 1. The molecule has 1 aromatic carbocycles. The number of carbonyl (C=O) groups is 1. The van der Waals surface area contributed by atoms with E-state index in [0.717, 1.165) is 37.3 Å². The Morgan fingerprint density at radius 2 is 1.88 bits per heavy atom. The van der Waals surface area contributed by atoms with E-state index in [1.54, 1.807) is 12.3 Å². The lowest BCUT2D eigenvalue weighted by molar-refractivity contribution is 0.0950. The lowest BCUT2D eigenvalue weighted by Crippen LogP contribution is -2.36. The zero-order valence-electron chi connectivity index (χ0n) is 18.1. The largest absolute Gasteiger partial charge is 0.495 e. The highest BCUT2D eigenvalue weighted by molar-refractivity contribution is 7.89. The number of methoxy groups -OCH3 is 1. The molecule has 4 rings (SSSR count). The molecule has 32 heavy (non-hydrogen) atoms. The van der Waals surface area contributed by atoms with Crippen LogP contribution in [0.1, 0.15) is 28.8 Å². The van der Waals surface area contributed by atoms with Crippen molar-refractivity contribution in [3.05, 3.63) is 47.7 Å². The Bertz CT molecular complexity index is 1050. The van der Waals surface area contributed by atoms with Crippen molar-refractivity contribution in [3.63, 3.8) is 0 Å². The van der Waals surface area contributed by atoms with E-state index >= 15 is 0 Å². The van der Waals surface area contributed by atoms with Gasteiger partial charge in [-0.1, -0.05) is 6.07 Å². The van der Waals surface area contributed by atoms with Gasteiger partial charge in [-0.15, -0.1) is 0 Å². The Labute approximate surface area is 188 Å². The van der Waals surface area contributed by atoms with Crippen molar-refractivity contribution in [2.75, 3.05) is 51.4 Å². The molecule has 172 valence electrons. The summed E-state index contributed by atoms with van der Waals surface area (Å²) in [6.45, 7) is 4.25. The normalized spacial score (nSPS) is 17.3. The Morgan fingerprint density at radius 1 is 1.12 bits per heavy atom. The minimum absolute atomic E-state index is 0.0195. The number of morpholine rings is 1. The highest BCUT2D eigenvalue weighted by Gasteiger charge is 2.30. The average Bonchev–Trinajstić information content (AvgIpc) is 3.39. The molecule has 2 aromatic rings. The monoisotopic (exact) mass is 460 g/mol. The third kappa shape index (κ3) is 4.87. The van der Waals surface area contributed by atoms with Crippen LogP contribution in [0.15, 0.2) is 41.4 Å². The summed E-state index contributed by atoms with van der Waals surface area (Å²) in [5, 5.41) is 2.84. The second kappa shape index (κ2) is 9.85. The van der Waals surface area contributed by atoms with Crippen LogP contribution >= 0.6 is 0 Å². The maximum absolute atomic E-state index is 13.0. The van der Waals surface area contributed by atoms with Gasteiger partial charge < -0.3 is 19.7 Å². The van der Waals surface area contributed by atoms with Crippen LogP contribution in [-0.2, 0) is 21.3 Å². The number of anilines is 1. The van der Waals surface area contributed by atoms with Crippen LogP contribution in [0.5, 0.6) is 5.75 Å². The fraction of sp³-hybridized carbons (Fsp3) is 0.455. The molecule has 2 aliphatic rings. The number of sulfonamides is 1. The van der Waals surface area contributed by atoms with Gasteiger partial charge in [-0.3, -0.25) is 4.79 Å². The molecule has 0 saturated carbocycles. The maximum atomic E-state index is 13.0. The van der Waals surface area contributed by atoms with Gasteiger partial charge >= 0.3 is 0 Å². The van der Waals surface area contributed by atoms with Crippen molar-refractivity contribution < 1.29 is 22.7 Å². The predicted octanol–water partition coefficient (Wildman–Crippen LogP) is 1.64. The number of amides is 1. The summed E-state index contributed by atoms with van der Waals surface area (Å²) in [5.74, 6) is 0.759. The quantitative estimate of drug-likeness (QED) is 0.670. The molecule has 0 bridgehead atoms. The molecule has 0 spiro atoms. The summed E-state index contributed by atoms with van der Waals surface area (Å²) in [4.78, 5) is 19.4. The highest BCUT2D eigenvalue weighted by Crippen LogP contribution is 2.29. The topological polar surface area (TPSA) is 101 Å². The number of pyridine rings is 1. The molecule has 0 aliphatic carbocycles. The summed E-state index contributed by atoms with van der Waals surface area (Å²) in [6.07, 6.45) is 3.41. The number of rotatable bonds is 7. The lowest BCUT2D eigenvalue weighted by Gasteiger charge is -2.27. The first-order valence-electron chi connectivity index (χ1n) is 10.7. The van der Waals surface area contributed by atoms with Gasteiger partial charge in [-0.05, 0) is 42.7 Å². The Morgan fingerprint density at radius 3 is 2.53 bits per heavy atom. The fourth-order valence-electron chi connectivity index (χ4n) is 3.87. The van der Waals surface area contributed by atoms with E-state index in [-0.39, 0.29) is 28.7 Å². The van der Waals surface area contributed by atoms with Gasteiger partial charge in [0.15, 0.2) is 0 Å². The van der Waals surface area contributed by atoms with E-state index in [2.05, 4.69) is 15.2 Å². The van der Waals surface area contributed by atoms with Crippen molar-refractivity contribution in [3.8, 4) is 5.75 Å². The van der Waals surface area contributed by atoms with Gasteiger partial charge in [0, 0.05) is 44.5 Å². The van der Waals surface area contributed by atoms with Crippen LogP contribution in [0.2, 0.25) is 0 Å². The number of hydrogen-bond acceptors (Lipinski definition) is 7. The first-order valence-corrected chi connectivity index (χ1v) is 12.2. The first-order chi connectivity index (χ1) is 15.5. The summed E-state index contributed by atoms with van der Waals surface area (Å²) in [6, 6.07) is 8.34. The van der Waals surface area contributed by atoms with E-state index in [1.807, 2.05) is 12.1 Å². The van der Waals surface area contributed by atoms with E-state index in [1.165, 1.54) is 23.5 Å². The van der Waals surface area contributed by atoms with Crippen LogP contribution in [0, 0.1) is 0 Å². The van der Waals surface area contributed by atoms with Crippen molar-refractivity contribution >= 4 is 21.7 Å². The Hall–Kier alpha value is -2.69. The fourth-order valence-corrected chi connectivity index (χ4v) is 5.57. The minimum atomic E-state index is -3.72. The molecule has 1 N–H and O–H groups in total. The van der Waals surface area contributed by atoms with E-state index in [9.17, 15) is 13.2 Å². The number of nitrogens with zero attached hydrogens (tertiary/aromatic N) is 3. The molecule has 2 saturated heterocycles. The van der Waals surface area contributed by atoms with Crippen molar-refractivity contribution in [1.29, 1.82) is 0 Å². The summed E-state index contributed by atoms with van der Waals surface area (Å²) in [7, 11) is -2.29. The molecule has 2 fully saturated rings. The second-order valence-electron chi connectivity index (χ2n) is 7.78. The van der Waals surface area contributed by atoms with Crippen LogP contribution < -0.4 is 15.0 Å². The van der Waals surface area contributed by atoms with Crippen LogP contribution in [-0.4, -0.2) is 70.1 Å². The van der Waals surface area contributed by atoms with Crippen molar-refractivity contribution in [2.24, 2.45) is 0 Å². The molecule has 9 nitrogen and oxygen atoms in total. The van der Waals surface area contributed by atoms with Gasteiger partial charge in [0.25, 0.3) is 5.91 Å². The maximum Gasteiger partial charge on any atom is 0.251 e. The molecular formula is C22H28N4O5S. The van der Waals surface area contributed by atoms with Gasteiger partial charge in [0.05, 0.1) is 20.3 Å². The Balaban J connectivity index is 1.44. The smallest absolute Gasteiger partial charge is 0.251 e. The summed E-state index contributed by atoms with van der Waals surface area (Å²) < 4.78 is 38.1. The average molecular weight is 461 g/mol. The Kier molecular flexibility index (Phi) is 6.92. The molecule has 1 amide bonds. The van der Waals surface area contributed by atoms with Crippen LogP contribution in [0.25, 0.3) is 0 Å². The molecule has 3 heterocycles. The third-order valence-electron chi connectivity index (χ3n) is 5.71. The summed E-state index contributed by atoms with van der Waals surface area (Å²) >= 11 is 0.